The first kappa shape index (κ1) is 12.8. The summed E-state index contributed by atoms with van der Waals surface area (Å²) < 4.78 is 6.36. The number of benzene rings is 1. The molecule has 1 aliphatic heterocycles. The van der Waals surface area contributed by atoms with Crippen LogP contribution in [0.4, 0.5) is 5.69 Å². The van der Waals surface area contributed by atoms with E-state index in [1.54, 1.807) is 0 Å². The van der Waals surface area contributed by atoms with Crippen molar-refractivity contribution in [2.24, 2.45) is 11.7 Å². The van der Waals surface area contributed by atoms with Crippen LogP contribution in [0.3, 0.4) is 0 Å². The molecule has 3 N–H and O–H groups in total. The Kier molecular flexibility index (Phi) is 4.36. The van der Waals surface area contributed by atoms with E-state index in [-0.39, 0.29) is 0 Å². The van der Waals surface area contributed by atoms with Gasteiger partial charge in [-0.25, -0.2) is 0 Å². The Balaban J connectivity index is 2.07. The average molecular weight is 315 g/mol. The van der Waals surface area contributed by atoms with E-state index in [1.807, 2.05) is 18.2 Å². The third-order valence-corrected chi connectivity index (χ3v) is 3.57. The van der Waals surface area contributed by atoms with Gasteiger partial charge in [0, 0.05) is 34.8 Å². The predicted octanol–water partition coefficient (Wildman–Crippen LogP) is 2.53. The van der Waals surface area contributed by atoms with Crippen molar-refractivity contribution < 1.29 is 4.74 Å². The molecule has 0 aromatic heterocycles. The zero-order valence-electron chi connectivity index (χ0n) is 9.41. The van der Waals surface area contributed by atoms with Gasteiger partial charge in [0.25, 0.3) is 0 Å². The predicted molar refractivity (Wildman–Crippen MR) is 77.4 cm³/mol. The van der Waals surface area contributed by atoms with Crippen LogP contribution in [0.5, 0.6) is 0 Å². The molecule has 5 heteroatoms. The Morgan fingerprint density at radius 2 is 2.41 bits per heavy atom. The van der Waals surface area contributed by atoms with Gasteiger partial charge in [-0.05, 0) is 24.6 Å². The van der Waals surface area contributed by atoms with Gasteiger partial charge >= 0.3 is 0 Å². The highest BCUT2D eigenvalue weighted by atomic mass is 79.9. The largest absolute Gasteiger partial charge is 0.389 e. The lowest BCUT2D eigenvalue weighted by Crippen LogP contribution is -2.18. The summed E-state index contributed by atoms with van der Waals surface area (Å²) >= 11 is 8.49. The molecule has 1 aliphatic rings. The number of halogens is 1. The molecule has 3 nitrogen and oxygen atoms in total. The SMILES string of the molecule is NC(=S)c1ccc(Br)cc1NCC1CCOC1. The molecule has 0 saturated carbocycles. The summed E-state index contributed by atoms with van der Waals surface area (Å²) in [6.07, 6.45) is 1.11. The van der Waals surface area contributed by atoms with Gasteiger partial charge in [-0.2, -0.15) is 0 Å². The van der Waals surface area contributed by atoms with Crippen LogP contribution in [-0.4, -0.2) is 24.7 Å². The number of hydrogen-bond acceptors (Lipinski definition) is 3. The molecular weight excluding hydrogens is 300 g/mol. The van der Waals surface area contributed by atoms with Crippen molar-refractivity contribution in [3.05, 3.63) is 28.2 Å². The van der Waals surface area contributed by atoms with Gasteiger partial charge in [-0.15, -0.1) is 0 Å². The van der Waals surface area contributed by atoms with E-state index in [0.717, 1.165) is 41.9 Å². The summed E-state index contributed by atoms with van der Waals surface area (Å²) in [5.41, 5.74) is 7.58. The fourth-order valence-corrected chi connectivity index (χ4v) is 2.42. The van der Waals surface area contributed by atoms with Crippen molar-refractivity contribution in [2.75, 3.05) is 25.1 Å². The normalized spacial score (nSPS) is 19.2. The molecule has 1 fully saturated rings. The first-order valence-electron chi connectivity index (χ1n) is 5.58. The third kappa shape index (κ3) is 3.40. The zero-order chi connectivity index (χ0) is 12.3. The van der Waals surface area contributed by atoms with Crippen LogP contribution < -0.4 is 11.1 Å². The minimum Gasteiger partial charge on any atom is -0.389 e. The third-order valence-electron chi connectivity index (χ3n) is 2.85. The van der Waals surface area contributed by atoms with Crippen molar-refractivity contribution >= 4 is 38.8 Å². The van der Waals surface area contributed by atoms with Gasteiger partial charge < -0.3 is 15.8 Å². The molecule has 92 valence electrons. The van der Waals surface area contributed by atoms with Crippen LogP contribution in [0.2, 0.25) is 0 Å². The van der Waals surface area contributed by atoms with E-state index in [1.165, 1.54) is 0 Å². The minimum atomic E-state index is 0.419. The molecule has 0 amide bonds. The maximum absolute atomic E-state index is 5.70. The second-order valence-electron chi connectivity index (χ2n) is 4.16. The van der Waals surface area contributed by atoms with Crippen molar-refractivity contribution in [3.63, 3.8) is 0 Å². The Morgan fingerprint density at radius 1 is 1.59 bits per heavy atom. The maximum atomic E-state index is 5.70. The van der Waals surface area contributed by atoms with E-state index in [2.05, 4.69) is 21.2 Å². The summed E-state index contributed by atoms with van der Waals surface area (Å²) in [5.74, 6) is 0.577. The van der Waals surface area contributed by atoms with Crippen LogP contribution >= 0.6 is 28.1 Å². The molecule has 1 saturated heterocycles. The van der Waals surface area contributed by atoms with Crippen LogP contribution in [0, 0.1) is 5.92 Å². The van der Waals surface area contributed by atoms with Gasteiger partial charge in [0.05, 0.1) is 6.61 Å². The molecule has 0 radical (unpaired) electrons. The summed E-state index contributed by atoms with van der Waals surface area (Å²) in [5, 5.41) is 3.40. The minimum absolute atomic E-state index is 0.419. The Morgan fingerprint density at radius 3 is 3.06 bits per heavy atom. The molecule has 17 heavy (non-hydrogen) atoms. The van der Waals surface area contributed by atoms with Gasteiger partial charge in [0.2, 0.25) is 0 Å². The topological polar surface area (TPSA) is 47.3 Å². The molecular formula is C12H15BrN2OS. The monoisotopic (exact) mass is 314 g/mol. The van der Waals surface area contributed by atoms with Crippen LogP contribution in [-0.2, 0) is 4.74 Å². The highest BCUT2D eigenvalue weighted by Crippen LogP contribution is 2.22. The average Bonchev–Trinajstić information content (AvgIpc) is 2.78. The standard InChI is InChI=1S/C12H15BrN2OS/c13-9-1-2-10(12(14)17)11(5-9)15-6-8-3-4-16-7-8/h1-2,5,8,15H,3-4,6-7H2,(H2,14,17). The number of hydrogen-bond donors (Lipinski definition) is 2. The maximum Gasteiger partial charge on any atom is 0.106 e. The van der Waals surface area contributed by atoms with Crippen molar-refractivity contribution in [1.29, 1.82) is 0 Å². The molecule has 1 aromatic rings. The summed E-state index contributed by atoms with van der Waals surface area (Å²) in [7, 11) is 0. The molecule has 0 aliphatic carbocycles. The highest BCUT2D eigenvalue weighted by molar-refractivity contribution is 9.10. The molecule has 0 spiro atoms. The van der Waals surface area contributed by atoms with Crippen molar-refractivity contribution in [2.45, 2.75) is 6.42 Å². The lowest BCUT2D eigenvalue weighted by molar-refractivity contribution is 0.187. The van der Waals surface area contributed by atoms with E-state index >= 15 is 0 Å². The lowest BCUT2D eigenvalue weighted by Gasteiger charge is -2.14. The first-order chi connectivity index (χ1) is 8.16. The van der Waals surface area contributed by atoms with Crippen LogP contribution in [0.25, 0.3) is 0 Å². The highest BCUT2D eigenvalue weighted by Gasteiger charge is 2.16. The number of ether oxygens (including phenoxy) is 1. The summed E-state index contributed by atoms with van der Waals surface area (Å²) in [6.45, 7) is 2.60. The molecule has 1 atom stereocenters. The second-order valence-corrected chi connectivity index (χ2v) is 5.52. The Bertz CT molecular complexity index is 419. The van der Waals surface area contributed by atoms with E-state index < -0.39 is 0 Å². The quantitative estimate of drug-likeness (QED) is 0.838. The van der Waals surface area contributed by atoms with Crippen LogP contribution in [0.15, 0.2) is 22.7 Å². The lowest BCUT2D eigenvalue weighted by atomic mass is 10.1. The molecule has 0 bridgehead atoms. The Hall–Kier alpha value is -0.650. The first-order valence-corrected chi connectivity index (χ1v) is 6.78. The number of rotatable bonds is 4. The molecule has 2 rings (SSSR count). The molecule has 1 heterocycles. The van der Waals surface area contributed by atoms with E-state index in [9.17, 15) is 0 Å². The van der Waals surface area contributed by atoms with Gasteiger partial charge in [-0.3, -0.25) is 0 Å². The van der Waals surface area contributed by atoms with Gasteiger partial charge in [-0.1, -0.05) is 28.1 Å². The second kappa shape index (κ2) is 5.80. The smallest absolute Gasteiger partial charge is 0.106 e. The number of nitrogens with two attached hydrogens (primary N) is 1. The van der Waals surface area contributed by atoms with Gasteiger partial charge in [0.15, 0.2) is 0 Å². The van der Waals surface area contributed by atoms with E-state index in [0.29, 0.717) is 10.9 Å². The van der Waals surface area contributed by atoms with Crippen LogP contribution in [0.1, 0.15) is 12.0 Å². The summed E-state index contributed by atoms with van der Waals surface area (Å²) in [4.78, 5) is 0.419. The van der Waals surface area contributed by atoms with Gasteiger partial charge in [0.1, 0.15) is 4.99 Å². The van der Waals surface area contributed by atoms with E-state index in [4.69, 9.17) is 22.7 Å². The summed E-state index contributed by atoms with van der Waals surface area (Å²) in [6, 6.07) is 5.88. The number of nitrogens with one attached hydrogen (secondary N) is 1. The van der Waals surface area contributed by atoms with Crippen molar-refractivity contribution in [1.82, 2.24) is 0 Å². The van der Waals surface area contributed by atoms with Crippen molar-refractivity contribution in [3.8, 4) is 0 Å². The Labute approximate surface area is 115 Å². The molecule has 1 unspecified atom stereocenters. The zero-order valence-corrected chi connectivity index (χ0v) is 11.8. The molecule has 1 aromatic carbocycles. The fraction of sp³-hybridized carbons (Fsp3) is 0.417. The number of anilines is 1. The fourth-order valence-electron chi connectivity index (χ4n) is 1.88. The number of thiocarbonyl (C=S) groups is 1.